The summed E-state index contributed by atoms with van der Waals surface area (Å²) in [6, 6.07) is 3.65. The standard InChI is InChI=1S/C10H8N6O/c1-3-11-4-2-8(1)10-14-9(17-15-10)5-16-7-12-6-13-16/h1-4,6-7H,5H2. The minimum atomic E-state index is 0.415. The largest absolute Gasteiger partial charge is 0.337 e. The number of rotatable bonds is 3. The summed E-state index contributed by atoms with van der Waals surface area (Å²) in [5, 5.41) is 7.85. The lowest BCUT2D eigenvalue weighted by atomic mass is 10.2. The first kappa shape index (κ1) is 9.64. The Balaban J connectivity index is 1.84. The second-order valence-electron chi connectivity index (χ2n) is 3.34. The number of aromatic nitrogens is 6. The molecule has 0 aliphatic rings. The van der Waals surface area contributed by atoms with Crippen LogP contribution in [0.4, 0.5) is 0 Å². The van der Waals surface area contributed by atoms with Gasteiger partial charge in [-0.2, -0.15) is 10.1 Å². The van der Waals surface area contributed by atoms with Crippen molar-refractivity contribution < 1.29 is 4.52 Å². The predicted octanol–water partition coefficient (Wildman–Crippen LogP) is 0.771. The third kappa shape index (κ3) is 2.03. The molecule has 0 saturated carbocycles. The molecule has 0 spiro atoms. The van der Waals surface area contributed by atoms with Crippen molar-refractivity contribution >= 4 is 0 Å². The lowest BCUT2D eigenvalue weighted by Gasteiger charge is -1.92. The molecule has 0 unspecified atom stereocenters. The molecule has 0 atom stereocenters. The molecule has 7 nitrogen and oxygen atoms in total. The lowest BCUT2D eigenvalue weighted by Crippen LogP contribution is -1.99. The minimum absolute atomic E-state index is 0.415. The quantitative estimate of drug-likeness (QED) is 0.658. The van der Waals surface area contributed by atoms with Crippen molar-refractivity contribution in [1.82, 2.24) is 29.9 Å². The maximum absolute atomic E-state index is 5.12. The molecule has 0 amide bonds. The van der Waals surface area contributed by atoms with Crippen molar-refractivity contribution in [3.05, 3.63) is 43.1 Å². The van der Waals surface area contributed by atoms with E-state index in [1.165, 1.54) is 6.33 Å². The second-order valence-corrected chi connectivity index (χ2v) is 3.34. The lowest BCUT2D eigenvalue weighted by molar-refractivity contribution is 0.366. The summed E-state index contributed by atoms with van der Waals surface area (Å²) in [5.41, 5.74) is 0.869. The highest BCUT2D eigenvalue weighted by atomic mass is 16.5. The molecule has 0 aliphatic carbocycles. The Morgan fingerprint density at radius 1 is 1.18 bits per heavy atom. The topological polar surface area (TPSA) is 82.5 Å². The van der Waals surface area contributed by atoms with Gasteiger partial charge in [0.25, 0.3) is 0 Å². The molecule has 3 heterocycles. The fourth-order valence-corrected chi connectivity index (χ4v) is 1.39. The molecule has 7 heteroatoms. The average Bonchev–Trinajstić information content (AvgIpc) is 3.02. The Bertz CT molecular complexity index is 588. The Morgan fingerprint density at radius 2 is 2.06 bits per heavy atom. The van der Waals surface area contributed by atoms with E-state index >= 15 is 0 Å². The highest BCUT2D eigenvalue weighted by molar-refractivity contribution is 5.52. The summed E-state index contributed by atoms with van der Waals surface area (Å²) in [7, 11) is 0. The second kappa shape index (κ2) is 4.12. The van der Waals surface area contributed by atoms with E-state index in [0.717, 1.165) is 5.56 Å². The van der Waals surface area contributed by atoms with Crippen LogP contribution in [-0.2, 0) is 6.54 Å². The van der Waals surface area contributed by atoms with E-state index in [-0.39, 0.29) is 0 Å². The smallest absolute Gasteiger partial charge is 0.248 e. The summed E-state index contributed by atoms with van der Waals surface area (Å²) in [6.45, 7) is 0.415. The van der Waals surface area contributed by atoms with Gasteiger partial charge in [-0.1, -0.05) is 5.16 Å². The van der Waals surface area contributed by atoms with Crippen LogP contribution in [0.1, 0.15) is 5.89 Å². The van der Waals surface area contributed by atoms with Crippen LogP contribution in [0.3, 0.4) is 0 Å². The molecule has 0 N–H and O–H groups in total. The van der Waals surface area contributed by atoms with Gasteiger partial charge in [-0.15, -0.1) is 0 Å². The Kier molecular flexibility index (Phi) is 2.34. The summed E-state index contributed by atoms with van der Waals surface area (Å²) in [5.74, 6) is 1.03. The highest BCUT2D eigenvalue weighted by Gasteiger charge is 2.08. The molecule has 3 rings (SSSR count). The fraction of sp³-hybridized carbons (Fsp3) is 0.100. The van der Waals surface area contributed by atoms with Crippen LogP contribution in [0.5, 0.6) is 0 Å². The van der Waals surface area contributed by atoms with Gasteiger partial charge >= 0.3 is 0 Å². The maximum Gasteiger partial charge on any atom is 0.248 e. The predicted molar refractivity (Wildman–Crippen MR) is 56.7 cm³/mol. The van der Waals surface area contributed by atoms with Crippen molar-refractivity contribution in [3.8, 4) is 11.4 Å². The van der Waals surface area contributed by atoms with E-state index in [2.05, 4.69) is 25.2 Å². The zero-order chi connectivity index (χ0) is 11.5. The molecule has 84 valence electrons. The fourth-order valence-electron chi connectivity index (χ4n) is 1.39. The van der Waals surface area contributed by atoms with Gasteiger partial charge in [0, 0.05) is 18.0 Å². The van der Waals surface area contributed by atoms with Gasteiger partial charge in [0.1, 0.15) is 19.2 Å². The van der Waals surface area contributed by atoms with Gasteiger partial charge in [0.2, 0.25) is 11.7 Å². The van der Waals surface area contributed by atoms with E-state index < -0.39 is 0 Å². The number of hydrogen-bond acceptors (Lipinski definition) is 6. The Labute approximate surface area is 96.1 Å². The molecule has 0 radical (unpaired) electrons. The summed E-state index contributed by atoms with van der Waals surface area (Å²) in [6.07, 6.45) is 6.42. The average molecular weight is 228 g/mol. The van der Waals surface area contributed by atoms with Gasteiger partial charge in [0.15, 0.2) is 0 Å². The van der Waals surface area contributed by atoms with Crippen LogP contribution in [-0.4, -0.2) is 29.9 Å². The maximum atomic E-state index is 5.12. The van der Waals surface area contributed by atoms with Crippen LogP contribution in [0, 0.1) is 0 Å². The summed E-state index contributed by atoms with van der Waals surface area (Å²) >= 11 is 0. The van der Waals surface area contributed by atoms with Crippen molar-refractivity contribution in [2.24, 2.45) is 0 Å². The third-order valence-electron chi connectivity index (χ3n) is 2.17. The van der Waals surface area contributed by atoms with Crippen LogP contribution >= 0.6 is 0 Å². The number of nitrogens with zero attached hydrogens (tertiary/aromatic N) is 6. The molecule has 3 aromatic rings. The van der Waals surface area contributed by atoms with Gasteiger partial charge in [-0.05, 0) is 12.1 Å². The highest BCUT2D eigenvalue weighted by Crippen LogP contribution is 2.14. The zero-order valence-corrected chi connectivity index (χ0v) is 8.76. The van der Waals surface area contributed by atoms with Crippen molar-refractivity contribution in [1.29, 1.82) is 0 Å². The van der Waals surface area contributed by atoms with Crippen LogP contribution in [0.2, 0.25) is 0 Å². The third-order valence-corrected chi connectivity index (χ3v) is 2.17. The van der Waals surface area contributed by atoms with Gasteiger partial charge in [-0.3, -0.25) is 4.98 Å². The minimum Gasteiger partial charge on any atom is -0.337 e. The molecular weight excluding hydrogens is 220 g/mol. The number of hydrogen-bond donors (Lipinski definition) is 0. The van der Waals surface area contributed by atoms with Crippen LogP contribution in [0.25, 0.3) is 11.4 Å². The Hall–Kier alpha value is -2.57. The molecule has 0 aromatic carbocycles. The Morgan fingerprint density at radius 3 is 2.82 bits per heavy atom. The van der Waals surface area contributed by atoms with Crippen molar-refractivity contribution in [3.63, 3.8) is 0 Å². The zero-order valence-electron chi connectivity index (χ0n) is 8.76. The van der Waals surface area contributed by atoms with E-state index in [0.29, 0.717) is 18.3 Å². The summed E-state index contributed by atoms with van der Waals surface area (Å²) in [4.78, 5) is 12.0. The van der Waals surface area contributed by atoms with E-state index in [1.807, 2.05) is 12.1 Å². The van der Waals surface area contributed by atoms with E-state index in [1.54, 1.807) is 23.4 Å². The van der Waals surface area contributed by atoms with Crippen LogP contribution in [0.15, 0.2) is 41.7 Å². The molecule has 0 saturated heterocycles. The first-order valence-electron chi connectivity index (χ1n) is 4.97. The van der Waals surface area contributed by atoms with Crippen molar-refractivity contribution in [2.45, 2.75) is 6.54 Å². The van der Waals surface area contributed by atoms with Crippen LogP contribution < -0.4 is 0 Å². The van der Waals surface area contributed by atoms with Crippen molar-refractivity contribution in [2.75, 3.05) is 0 Å². The van der Waals surface area contributed by atoms with Gasteiger partial charge in [0.05, 0.1) is 0 Å². The molecule has 17 heavy (non-hydrogen) atoms. The first-order chi connectivity index (χ1) is 8.42. The number of pyridine rings is 1. The van der Waals surface area contributed by atoms with Gasteiger partial charge in [-0.25, -0.2) is 9.67 Å². The normalized spacial score (nSPS) is 10.6. The molecule has 3 aromatic heterocycles. The van der Waals surface area contributed by atoms with Gasteiger partial charge < -0.3 is 4.52 Å². The molecular formula is C10H8N6O. The molecule has 0 aliphatic heterocycles. The van der Waals surface area contributed by atoms with E-state index in [4.69, 9.17) is 4.52 Å². The molecule has 0 fully saturated rings. The van der Waals surface area contributed by atoms with E-state index in [9.17, 15) is 0 Å². The SMILES string of the molecule is c1cc(-c2noc(Cn3cncn3)n2)ccn1. The monoisotopic (exact) mass is 228 g/mol. The summed E-state index contributed by atoms with van der Waals surface area (Å²) < 4.78 is 6.74. The molecule has 0 bridgehead atoms. The first-order valence-corrected chi connectivity index (χ1v) is 4.97.